The summed E-state index contributed by atoms with van der Waals surface area (Å²) in [6, 6.07) is 2.21. The molecule has 1 aromatic rings. The molecule has 0 heterocycles. The van der Waals surface area contributed by atoms with E-state index in [1.165, 1.54) is 0 Å². The van der Waals surface area contributed by atoms with Gasteiger partial charge in [0.15, 0.2) is 0 Å². The fourth-order valence-corrected chi connectivity index (χ4v) is 5.20. The third-order valence-electron chi connectivity index (χ3n) is 7.70. The van der Waals surface area contributed by atoms with Gasteiger partial charge in [0.1, 0.15) is 35.8 Å². The minimum absolute atomic E-state index is 0.0410. The van der Waals surface area contributed by atoms with Crippen LogP contribution in [0.4, 0.5) is 4.79 Å². The van der Waals surface area contributed by atoms with Gasteiger partial charge in [-0.05, 0) is 63.9 Å². The second-order valence-electron chi connectivity index (χ2n) is 14.8. The molecule has 7 N–H and O–H groups in total. The number of alkyl carbamates (subject to hydrolysis) is 1. The van der Waals surface area contributed by atoms with Crippen LogP contribution in [0.25, 0.3) is 0 Å². The van der Waals surface area contributed by atoms with E-state index in [2.05, 4.69) is 26.6 Å². The van der Waals surface area contributed by atoms with Gasteiger partial charge in [0, 0.05) is 19.3 Å². The molecule has 5 atom stereocenters. The lowest BCUT2D eigenvalue weighted by Gasteiger charge is -2.28. The minimum Gasteiger partial charge on any atom is -0.481 e. The average molecular weight is 764 g/mol. The van der Waals surface area contributed by atoms with E-state index >= 15 is 0 Å². The highest BCUT2D eigenvalue weighted by Crippen LogP contribution is 2.13. The molecule has 0 aromatic heterocycles. The fourth-order valence-electron chi connectivity index (χ4n) is 5.20. The summed E-state index contributed by atoms with van der Waals surface area (Å²) in [5.74, 6) is -7.03. The second-order valence-corrected chi connectivity index (χ2v) is 14.8. The number of aliphatic carboxylic acids is 2. The lowest BCUT2D eigenvalue weighted by atomic mass is 10.00. The number of nitrogens with one attached hydrogen (secondary N) is 5. The Kier molecular flexibility index (Phi) is 19.7. The maximum atomic E-state index is 13.8. The van der Waals surface area contributed by atoms with Crippen molar-refractivity contribution in [2.45, 2.75) is 129 Å². The van der Waals surface area contributed by atoms with Gasteiger partial charge in [0.05, 0.1) is 7.11 Å². The fraction of sp³-hybridized carbons (Fsp3) is 0.622. The normalized spacial score (nSPS) is 14.0. The number of benzene rings is 1. The van der Waals surface area contributed by atoms with Crippen molar-refractivity contribution in [1.82, 2.24) is 26.6 Å². The van der Waals surface area contributed by atoms with Gasteiger partial charge in [0.2, 0.25) is 23.6 Å². The number of carboxylic acids is 2. The molecule has 0 spiro atoms. The third-order valence-corrected chi connectivity index (χ3v) is 7.70. The van der Waals surface area contributed by atoms with Crippen LogP contribution in [0.5, 0.6) is 0 Å². The van der Waals surface area contributed by atoms with Crippen LogP contribution in [0.2, 0.25) is 0 Å². The summed E-state index contributed by atoms with van der Waals surface area (Å²) in [6.45, 7) is 12.2. The van der Waals surface area contributed by atoms with Crippen LogP contribution in [0.15, 0.2) is 30.3 Å². The summed E-state index contributed by atoms with van der Waals surface area (Å²) in [5, 5.41) is 31.3. The van der Waals surface area contributed by atoms with Gasteiger partial charge < -0.3 is 46.3 Å². The van der Waals surface area contributed by atoms with Crippen molar-refractivity contribution in [2.24, 2.45) is 11.8 Å². The zero-order valence-corrected chi connectivity index (χ0v) is 32.4. The van der Waals surface area contributed by atoms with Crippen molar-refractivity contribution in [3.05, 3.63) is 35.9 Å². The van der Waals surface area contributed by atoms with Crippen molar-refractivity contribution in [3.8, 4) is 0 Å². The summed E-state index contributed by atoms with van der Waals surface area (Å²) in [4.78, 5) is 102. The maximum Gasteiger partial charge on any atom is 0.408 e. The van der Waals surface area contributed by atoms with E-state index < -0.39 is 109 Å². The Labute approximate surface area is 316 Å². The molecule has 0 aliphatic carbocycles. The molecule has 0 saturated heterocycles. The van der Waals surface area contributed by atoms with Gasteiger partial charge in [-0.3, -0.25) is 28.8 Å². The number of rotatable bonds is 22. The van der Waals surface area contributed by atoms with Crippen LogP contribution >= 0.6 is 0 Å². The predicted octanol–water partition coefficient (Wildman–Crippen LogP) is 2.06. The largest absolute Gasteiger partial charge is 0.481 e. The van der Waals surface area contributed by atoms with Gasteiger partial charge >= 0.3 is 24.0 Å². The molecule has 0 radical (unpaired) electrons. The van der Waals surface area contributed by atoms with Crippen molar-refractivity contribution < 1.29 is 58.0 Å². The van der Waals surface area contributed by atoms with E-state index in [1.54, 1.807) is 78.8 Å². The Bertz CT molecular complexity index is 1440. The minimum atomic E-state index is -1.55. The van der Waals surface area contributed by atoms with E-state index in [0.717, 1.165) is 7.11 Å². The Morgan fingerprint density at radius 2 is 1.02 bits per heavy atom. The molecule has 0 saturated carbocycles. The highest BCUT2D eigenvalue weighted by atomic mass is 16.6. The van der Waals surface area contributed by atoms with Crippen LogP contribution < -0.4 is 26.6 Å². The molecule has 0 fully saturated rings. The lowest BCUT2D eigenvalue weighted by molar-refractivity contribution is -0.146. The first-order valence-corrected chi connectivity index (χ1v) is 17.9. The molecule has 17 heteroatoms. The zero-order valence-electron chi connectivity index (χ0n) is 32.4. The van der Waals surface area contributed by atoms with Crippen molar-refractivity contribution >= 4 is 47.6 Å². The predicted molar refractivity (Wildman–Crippen MR) is 196 cm³/mol. The number of hydrogen-bond acceptors (Lipinski definition) is 10. The van der Waals surface area contributed by atoms with Crippen LogP contribution in [0.1, 0.15) is 92.6 Å². The van der Waals surface area contributed by atoms with E-state index in [-0.39, 0.29) is 31.1 Å². The first-order chi connectivity index (χ1) is 25.1. The first kappa shape index (κ1) is 46.8. The van der Waals surface area contributed by atoms with Crippen LogP contribution in [-0.4, -0.2) is 101 Å². The molecule has 1 aromatic carbocycles. The van der Waals surface area contributed by atoms with Gasteiger partial charge in [0.25, 0.3) is 0 Å². The molecule has 1 rings (SSSR count). The molecule has 0 bridgehead atoms. The maximum absolute atomic E-state index is 13.8. The average Bonchev–Trinajstić information content (AvgIpc) is 3.05. The number of ether oxygens (including phenoxy) is 2. The summed E-state index contributed by atoms with van der Waals surface area (Å²) in [5.41, 5.74) is -0.166. The molecular weight excluding hydrogens is 706 g/mol. The van der Waals surface area contributed by atoms with Crippen LogP contribution in [0, 0.1) is 11.8 Å². The van der Waals surface area contributed by atoms with Gasteiger partial charge in [-0.15, -0.1) is 0 Å². The summed E-state index contributed by atoms with van der Waals surface area (Å²) in [6.07, 6.45) is -2.54. The molecule has 5 amide bonds. The van der Waals surface area contributed by atoms with E-state index in [0.29, 0.717) is 5.56 Å². The molecule has 0 aliphatic rings. The number of methoxy groups -OCH3 is 1. The lowest BCUT2D eigenvalue weighted by Crippen LogP contribution is -2.59. The Morgan fingerprint density at radius 3 is 1.44 bits per heavy atom. The van der Waals surface area contributed by atoms with E-state index in [9.17, 15) is 48.6 Å². The zero-order chi connectivity index (χ0) is 41.2. The summed E-state index contributed by atoms with van der Waals surface area (Å²) < 4.78 is 10.1. The van der Waals surface area contributed by atoms with Gasteiger partial charge in [-0.2, -0.15) is 0 Å². The monoisotopic (exact) mass is 763 g/mol. The van der Waals surface area contributed by atoms with Crippen molar-refractivity contribution in [1.29, 1.82) is 0 Å². The highest BCUT2D eigenvalue weighted by Gasteiger charge is 2.34. The Morgan fingerprint density at radius 1 is 0.611 bits per heavy atom. The third kappa shape index (κ3) is 19.0. The van der Waals surface area contributed by atoms with Gasteiger partial charge in [-0.25, -0.2) is 9.59 Å². The van der Waals surface area contributed by atoms with E-state index in [4.69, 9.17) is 9.47 Å². The summed E-state index contributed by atoms with van der Waals surface area (Å²) in [7, 11) is 1.14. The topological polar surface area (TPSA) is 256 Å². The number of esters is 1. The first-order valence-electron chi connectivity index (χ1n) is 17.9. The Balaban J connectivity index is 3.37. The molecule has 54 heavy (non-hydrogen) atoms. The van der Waals surface area contributed by atoms with E-state index in [1.807, 2.05) is 0 Å². The highest BCUT2D eigenvalue weighted by molar-refractivity contribution is 5.96. The van der Waals surface area contributed by atoms with Gasteiger partial charge in [-0.1, -0.05) is 58.0 Å². The number of carboxylic acid groups (broad SMARTS) is 2. The molecule has 302 valence electrons. The number of hydrogen-bond donors (Lipinski definition) is 7. The quantitative estimate of drug-likeness (QED) is 0.0838. The smallest absolute Gasteiger partial charge is 0.408 e. The van der Waals surface area contributed by atoms with Crippen LogP contribution in [0.3, 0.4) is 0 Å². The standard InChI is InChI=1S/C37H57N5O12/c1-21(2)18-26(40-34(50)27(20-23-12-10-9-11-13-23)42-36(52)54-37(5,6)7)33(49)39-24(14-16-29(43)44)31(47)38-25(15-17-30(45)46)32(48)41-28(19-22(3)4)35(51)53-8/h9-13,21-22,24-28H,14-20H2,1-8H3,(H,38,47)(H,39,49)(H,40,50)(H,41,48)(H,42,52)(H,43,44)(H,45,46)/t24-,25+,26+,27+,28+/m1/s1. The van der Waals surface area contributed by atoms with Crippen molar-refractivity contribution in [2.75, 3.05) is 7.11 Å². The van der Waals surface area contributed by atoms with Crippen molar-refractivity contribution in [3.63, 3.8) is 0 Å². The number of carbonyl (C=O) groups excluding carboxylic acids is 6. The van der Waals surface area contributed by atoms with Crippen LogP contribution in [-0.2, 0) is 49.5 Å². The molecule has 0 unspecified atom stereocenters. The summed E-state index contributed by atoms with van der Waals surface area (Å²) >= 11 is 0. The SMILES string of the molecule is COC(=O)[C@H](CC(C)C)NC(=O)[C@H](CCC(=O)O)NC(=O)[C@@H](CCC(=O)O)NC(=O)[C@H](CC(C)C)NC(=O)[C@H](Cc1ccccc1)NC(=O)OC(C)(C)C. The molecule has 0 aliphatic heterocycles. The molecule has 17 nitrogen and oxygen atoms in total. The molecular formula is C37H57N5O12. The number of carbonyl (C=O) groups is 8. The number of amides is 5. The Hall–Kier alpha value is -5.22. The second kappa shape index (κ2) is 22.8.